The van der Waals surface area contributed by atoms with Crippen molar-refractivity contribution < 1.29 is 40.6 Å². The molecule has 3 N–H and O–H groups in total. The van der Waals surface area contributed by atoms with Crippen molar-refractivity contribution in [1.82, 2.24) is 0 Å². The van der Waals surface area contributed by atoms with Crippen LogP contribution in [0.5, 0.6) is 0 Å². The second-order valence-electron chi connectivity index (χ2n) is 6.00. The van der Waals surface area contributed by atoms with E-state index in [1.165, 1.54) is 12.1 Å². The van der Waals surface area contributed by atoms with Crippen molar-refractivity contribution in [1.29, 1.82) is 0 Å². The summed E-state index contributed by atoms with van der Waals surface area (Å²) in [7, 11) is -8.88. The maximum absolute atomic E-state index is 12.6. The molecule has 2 aromatic rings. The van der Waals surface area contributed by atoms with Crippen molar-refractivity contribution in [2.24, 2.45) is 15.3 Å². The molecule has 18 heteroatoms. The molecule has 13 nitrogen and oxygen atoms in total. The van der Waals surface area contributed by atoms with Gasteiger partial charge in [0.15, 0.2) is 5.71 Å². The number of hydrogen-bond acceptors (Lipinski definition) is 9. The molecule has 0 saturated carbocycles. The Balaban J connectivity index is 0.00000363. The Morgan fingerprint density at radius 2 is 1.29 bits per heavy atom. The zero-order valence-corrected chi connectivity index (χ0v) is 16.7. The summed E-state index contributed by atoms with van der Waals surface area (Å²) in [5, 5.41) is 21.1. The molecule has 0 aromatic heterocycles. The molecule has 2 aromatic carbocycles. The Morgan fingerprint density at radius 1 is 0.853 bits per heavy atom. The normalized spacial score (nSPS) is 15.7. The second kappa shape index (κ2) is 13.1. The third-order valence-corrected chi connectivity index (χ3v) is 5.67. The van der Waals surface area contributed by atoms with Crippen LogP contribution < -0.4 is 5.01 Å². The van der Waals surface area contributed by atoms with E-state index >= 15 is 0 Å². The number of azo groups is 1. The average molecular weight is 540 g/mol. The summed E-state index contributed by atoms with van der Waals surface area (Å²) >= 11 is 0. The molecule has 0 spiro atoms. The molecule has 0 radical (unpaired) electrons. The van der Waals surface area contributed by atoms with Crippen molar-refractivity contribution in [2.75, 3.05) is 5.01 Å². The molecule has 0 fully saturated rings. The summed E-state index contributed by atoms with van der Waals surface area (Å²) in [6, 6.07) is 7.07. The first-order valence-electron chi connectivity index (χ1n) is 8.09. The SMILES string of the molecule is O=C(O)C1=NN(c2ccc(S(=O)(=O)O)cc2)C(=O)C1/N=N/c1ccc(S(=O)(=O)O)cc1.[NaH].[NaH].[NaH]. The minimum absolute atomic E-state index is 0. The van der Waals surface area contributed by atoms with Crippen LogP contribution in [0.1, 0.15) is 0 Å². The molecule has 1 unspecified atom stereocenters. The van der Waals surface area contributed by atoms with Crippen LogP contribution in [-0.4, -0.2) is 143 Å². The first-order valence-corrected chi connectivity index (χ1v) is 11.0. The van der Waals surface area contributed by atoms with Gasteiger partial charge in [0.1, 0.15) is 0 Å². The predicted molar refractivity (Wildman–Crippen MR) is 125 cm³/mol. The summed E-state index contributed by atoms with van der Waals surface area (Å²) in [5.41, 5.74) is -0.561. The topological polar surface area (TPSA) is 203 Å². The first kappa shape index (κ1) is 33.5. The molecule has 1 amide bonds. The van der Waals surface area contributed by atoms with Gasteiger partial charge in [-0.2, -0.15) is 37.2 Å². The Morgan fingerprint density at radius 3 is 1.71 bits per heavy atom. The number of rotatable bonds is 6. The number of anilines is 1. The summed E-state index contributed by atoms with van der Waals surface area (Å²) in [4.78, 5) is 23.3. The summed E-state index contributed by atoms with van der Waals surface area (Å²) in [6.07, 6.45) is 0. The molecular weight excluding hydrogens is 525 g/mol. The fraction of sp³-hybridized carbons (Fsp3) is 0.0625. The van der Waals surface area contributed by atoms with Gasteiger partial charge in [-0.15, -0.1) is 0 Å². The van der Waals surface area contributed by atoms with E-state index in [4.69, 9.17) is 9.11 Å². The van der Waals surface area contributed by atoms with Gasteiger partial charge in [0.25, 0.3) is 26.1 Å². The number of carboxylic acids is 1. The van der Waals surface area contributed by atoms with Crippen LogP contribution in [0.25, 0.3) is 0 Å². The predicted octanol–water partition coefficient (Wildman–Crippen LogP) is -0.826. The van der Waals surface area contributed by atoms with Crippen LogP contribution in [0, 0.1) is 0 Å². The molecule has 1 aliphatic heterocycles. The van der Waals surface area contributed by atoms with E-state index in [1.54, 1.807) is 0 Å². The van der Waals surface area contributed by atoms with Gasteiger partial charge < -0.3 is 5.11 Å². The molecule has 168 valence electrons. The standard InChI is InChI=1S/C16H12N4O9S2.3Na.3H/c21-15-13(18-17-9-1-5-11(6-2-9)30(24,25)26)14(16(22)23)19-20(15)10-3-7-12(8-4-10)31(27,28)29;;;;;;/h1-8,13H,(H,22,23)(H,24,25,26)(H,27,28,29);;;;;;/b18-17+;;;;;;. The molecule has 1 heterocycles. The number of benzene rings is 2. The van der Waals surface area contributed by atoms with E-state index in [0.717, 1.165) is 36.4 Å². The van der Waals surface area contributed by atoms with Crippen LogP contribution in [0.2, 0.25) is 0 Å². The van der Waals surface area contributed by atoms with Gasteiger partial charge in [-0.05, 0) is 48.5 Å². The van der Waals surface area contributed by atoms with E-state index in [1.807, 2.05) is 0 Å². The third-order valence-electron chi connectivity index (χ3n) is 3.93. The van der Waals surface area contributed by atoms with E-state index in [2.05, 4.69) is 15.3 Å². The van der Waals surface area contributed by atoms with Crippen molar-refractivity contribution in [3.63, 3.8) is 0 Å². The van der Waals surface area contributed by atoms with Crippen molar-refractivity contribution in [2.45, 2.75) is 15.8 Å². The minimum atomic E-state index is -4.46. The molecular formula is C16H15N4Na3O9S2. The zero-order valence-electron chi connectivity index (χ0n) is 15.1. The van der Waals surface area contributed by atoms with E-state index in [9.17, 15) is 31.5 Å². The van der Waals surface area contributed by atoms with Gasteiger partial charge >= 0.3 is 94.6 Å². The van der Waals surface area contributed by atoms with E-state index in [-0.39, 0.29) is 100 Å². The van der Waals surface area contributed by atoms with Crippen molar-refractivity contribution >= 4 is 138 Å². The third kappa shape index (κ3) is 7.99. The van der Waals surface area contributed by atoms with Gasteiger partial charge in [-0.3, -0.25) is 13.9 Å². The molecule has 0 saturated heterocycles. The van der Waals surface area contributed by atoms with Crippen LogP contribution >= 0.6 is 0 Å². The Bertz CT molecular complexity index is 1330. The first-order chi connectivity index (χ1) is 14.4. The zero-order chi connectivity index (χ0) is 23.0. The molecule has 34 heavy (non-hydrogen) atoms. The van der Waals surface area contributed by atoms with Gasteiger partial charge in [0, 0.05) is 0 Å². The van der Waals surface area contributed by atoms with E-state index < -0.39 is 53.7 Å². The maximum atomic E-state index is 12.6. The number of hydrogen-bond donors (Lipinski definition) is 3. The number of aliphatic carboxylic acids is 1. The van der Waals surface area contributed by atoms with Gasteiger partial charge in [-0.1, -0.05) is 0 Å². The number of carbonyl (C=O) groups is 2. The molecule has 3 rings (SSSR count). The van der Waals surface area contributed by atoms with Gasteiger partial charge in [-0.25, -0.2) is 4.79 Å². The van der Waals surface area contributed by atoms with Crippen LogP contribution in [0.15, 0.2) is 73.7 Å². The Labute approximate surface area is 260 Å². The van der Waals surface area contributed by atoms with E-state index in [0.29, 0.717) is 5.01 Å². The fourth-order valence-electron chi connectivity index (χ4n) is 2.46. The Kier molecular flexibility index (Phi) is 12.9. The van der Waals surface area contributed by atoms with Gasteiger partial charge in [0.05, 0.1) is 21.2 Å². The van der Waals surface area contributed by atoms with Crippen molar-refractivity contribution in [3.05, 3.63) is 48.5 Å². The molecule has 0 aliphatic carbocycles. The average Bonchev–Trinajstić information content (AvgIpc) is 3.02. The fourth-order valence-corrected chi connectivity index (χ4v) is 3.42. The van der Waals surface area contributed by atoms with Crippen molar-refractivity contribution in [3.8, 4) is 0 Å². The van der Waals surface area contributed by atoms with Crippen LogP contribution in [0.3, 0.4) is 0 Å². The van der Waals surface area contributed by atoms with Crippen LogP contribution in [0.4, 0.5) is 11.4 Å². The van der Waals surface area contributed by atoms with Gasteiger partial charge in [0.2, 0.25) is 6.04 Å². The number of nitrogens with zero attached hydrogens (tertiary/aromatic N) is 4. The van der Waals surface area contributed by atoms with Crippen LogP contribution in [-0.2, 0) is 29.8 Å². The molecule has 1 aliphatic rings. The second-order valence-corrected chi connectivity index (χ2v) is 8.84. The monoisotopic (exact) mass is 540 g/mol. The number of hydrazone groups is 1. The summed E-state index contributed by atoms with van der Waals surface area (Å²) in [5.74, 6) is -2.44. The number of carboxylic acid groups (broad SMARTS) is 1. The number of amides is 1. The Hall–Kier alpha value is -0.530. The molecule has 1 atom stereocenters. The quantitative estimate of drug-likeness (QED) is 0.237. The summed E-state index contributed by atoms with van der Waals surface area (Å²) < 4.78 is 62.3. The number of carbonyl (C=O) groups excluding carboxylic acids is 1. The summed E-state index contributed by atoms with van der Waals surface area (Å²) in [6.45, 7) is 0. The molecule has 0 bridgehead atoms.